The van der Waals surface area contributed by atoms with Gasteiger partial charge in [-0.15, -0.1) is 0 Å². The van der Waals surface area contributed by atoms with E-state index in [0.29, 0.717) is 10.8 Å². The van der Waals surface area contributed by atoms with Crippen molar-refractivity contribution in [1.82, 2.24) is 0 Å². The zero-order valence-electron chi connectivity index (χ0n) is 11.8. The lowest BCUT2D eigenvalue weighted by Gasteiger charge is -2.13. The van der Waals surface area contributed by atoms with Gasteiger partial charge >= 0.3 is 0 Å². The summed E-state index contributed by atoms with van der Waals surface area (Å²) in [5, 5.41) is -0.293. The predicted molar refractivity (Wildman–Crippen MR) is 76.5 cm³/mol. The normalized spacial score (nSPS) is 13.8. The lowest BCUT2D eigenvalue weighted by Crippen LogP contribution is -2.18. The van der Waals surface area contributed by atoms with Crippen LogP contribution in [-0.2, 0) is 9.84 Å². The highest BCUT2D eigenvalue weighted by Gasteiger charge is 2.22. The van der Waals surface area contributed by atoms with Crippen molar-refractivity contribution in [3.8, 4) is 0 Å². The van der Waals surface area contributed by atoms with Crippen LogP contribution in [0.1, 0.15) is 45.6 Å². The van der Waals surface area contributed by atoms with E-state index in [9.17, 15) is 8.42 Å². The maximum atomic E-state index is 12.3. The molecule has 1 rings (SSSR count). The number of benzene rings is 1. The first-order valence-electron chi connectivity index (χ1n) is 6.64. The summed E-state index contributed by atoms with van der Waals surface area (Å²) in [7, 11) is -3.15. The number of sulfone groups is 1. The number of hydrogen-bond acceptors (Lipinski definition) is 2. The molecule has 0 fully saturated rings. The van der Waals surface area contributed by atoms with Crippen molar-refractivity contribution in [3.63, 3.8) is 0 Å². The molecule has 0 amide bonds. The summed E-state index contributed by atoms with van der Waals surface area (Å²) in [4.78, 5) is 0.449. The number of rotatable bonds is 6. The van der Waals surface area contributed by atoms with Crippen molar-refractivity contribution in [2.75, 3.05) is 0 Å². The van der Waals surface area contributed by atoms with E-state index in [0.717, 1.165) is 24.8 Å². The van der Waals surface area contributed by atoms with Crippen molar-refractivity contribution in [3.05, 3.63) is 29.8 Å². The van der Waals surface area contributed by atoms with Gasteiger partial charge in [0.25, 0.3) is 0 Å². The van der Waals surface area contributed by atoms with Crippen molar-refractivity contribution >= 4 is 9.84 Å². The largest absolute Gasteiger partial charge is 0.223 e. The van der Waals surface area contributed by atoms with E-state index in [-0.39, 0.29) is 5.25 Å². The third-order valence-electron chi connectivity index (χ3n) is 3.27. The smallest absolute Gasteiger partial charge is 0.180 e. The minimum Gasteiger partial charge on any atom is -0.223 e. The summed E-state index contributed by atoms with van der Waals surface area (Å²) in [6.07, 6.45) is 2.81. The van der Waals surface area contributed by atoms with Gasteiger partial charge in [0.15, 0.2) is 9.84 Å². The van der Waals surface area contributed by atoms with Crippen LogP contribution in [0.25, 0.3) is 0 Å². The molecule has 0 N–H and O–H groups in total. The van der Waals surface area contributed by atoms with Crippen molar-refractivity contribution in [2.45, 2.75) is 57.1 Å². The summed E-state index contributed by atoms with van der Waals surface area (Å²) in [6, 6.07) is 7.13. The SMILES string of the molecule is Cc1ccc(S(=O)(=O)C(C)CCCC(C)C)cc1. The van der Waals surface area contributed by atoms with Crippen LogP contribution >= 0.6 is 0 Å². The van der Waals surface area contributed by atoms with Gasteiger partial charge in [-0.3, -0.25) is 0 Å². The van der Waals surface area contributed by atoms with Crippen LogP contribution in [0.5, 0.6) is 0 Å². The van der Waals surface area contributed by atoms with E-state index >= 15 is 0 Å². The summed E-state index contributed by atoms with van der Waals surface area (Å²) in [5.74, 6) is 0.638. The van der Waals surface area contributed by atoms with Crippen LogP contribution in [0.4, 0.5) is 0 Å². The fourth-order valence-corrected chi connectivity index (χ4v) is 3.39. The first kappa shape index (κ1) is 15.2. The van der Waals surface area contributed by atoms with Crippen LogP contribution < -0.4 is 0 Å². The Morgan fingerprint density at radius 3 is 2.06 bits per heavy atom. The molecule has 0 saturated carbocycles. The minimum atomic E-state index is -3.15. The molecule has 0 saturated heterocycles. The Hall–Kier alpha value is -0.830. The van der Waals surface area contributed by atoms with E-state index in [1.165, 1.54) is 0 Å². The lowest BCUT2D eigenvalue weighted by atomic mass is 10.1. The minimum absolute atomic E-state index is 0.293. The molecular weight excluding hydrogens is 244 g/mol. The molecule has 0 aliphatic heterocycles. The summed E-state index contributed by atoms with van der Waals surface area (Å²) < 4.78 is 24.6. The third kappa shape index (κ3) is 4.13. The van der Waals surface area contributed by atoms with Gasteiger partial charge in [-0.2, -0.15) is 0 Å². The molecular formula is C15H24O2S. The van der Waals surface area contributed by atoms with Crippen LogP contribution in [-0.4, -0.2) is 13.7 Å². The standard InChI is InChI=1S/C15H24O2S/c1-12(2)6-5-7-14(4)18(16,17)15-10-8-13(3)9-11-15/h8-12,14H,5-7H2,1-4H3. The molecule has 0 spiro atoms. The molecule has 2 nitrogen and oxygen atoms in total. The summed E-state index contributed by atoms with van der Waals surface area (Å²) >= 11 is 0. The van der Waals surface area contributed by atoms with Crippen LogP contribution in [0.15, 0.2) is 29.2 Å². The zero-order valence-corrected chi connectivity index (χ0v) is 12.6. The average molecular weight is 268 g/mol. The molecule has 1 unspecified atom stereocenters. The van der Waals surface area contributed by atoms with E-state index in [1.807, 2.05) is 26.0 Å². The Bertz CT molecular complexity index is 458. The zero-order chi connectivity index (χ0) is 13.8. The maximum absolute atomic E-state index is 12.3. The van der Waals surface area contributed by atoms with Crippen LogP contribution in [0.2, 0.25) is 0 Å². The second-order valence-corrected chi connectivity index (χ2v) is 7.86. The quantitative estimate of drug-likeness (QED) is 0.782. The lowest BCUT2D eigenvalue weighted by molar-refractivity contribution is 0.522. The van der Waals surface area contributed by atoms with Gasteiger partial charge in [0.05, 0.1) is 10.1 Å². The summed E-state index contributed by atoms with van der Waals surface area (Å²) in [6.45, 7) is 8.11. The van der Waals surface area contributed by atoms with E-state index < -0.39 is 9.84 Å². The van der Waals surface area contributed by atoms with Gasteiger partial charge in [0, 0.05) is 0 Å². The van der Waals surface area contributed by atoms with Gasteiger partial charge in [-0.25, -0.2) is 8.42 Å². The Balaban J connectivity index is 2.71. The Labute approximate surface area is 111 Å². The van der Waals surface area contributed by atoms with Gasteiger partial charge in [0.1, 0.15) is 0 Å². The fraction of sp³-hybridized carbons (Fsp3) is 0.600. The maximum Gasteiger partial charge on any atom is 0.180 e. The molecule has 1 aromatic carbocycles. The molecule has 18 heavy (non-hydrogen) atoms. The van der Waals surface area contributed by atoms with Crippen molar-refractivity contribution in [2.24, 2.45) is 5.92 Å². The molecule has 1 atom stereocenters. The van der Waals surface area contributed by atoms with Gasteiger partial charge in [-0.1, -0.05) is 44.4 Å². The molecule has 0 aliphatic carbocycles. The first-order valence-corrected chi connectivity index (χ1v) is 8.19. The van der Waals surface area contributed by atoms with E-state index in [1.54, 1.807) is 12.1 Å². The molecule has 3 heteroatoms. The van der Waals surface area contributed by atoms with Crippen LogP contribution in [0.3, 0.4) is 0 Å². The van der Waals surface area contributed by atoms with Crippen molar-refractivity contribution in [1.29, 1.82) is 0 Å². The van der Waals surface area contributed by atoms with E-state index in [4.69, 9.17) is 0 Å². The number of hydrogen-bond donors (Lipinski definition) is 0. The predicted octanol–water partition coefficient (Wildman–Crippen LogP) is 3.98. The first-order chi connectivity index (χ1) is 8.34. The van der Waals surface area contributed by atoms with Gasteiger partial charge in [0.2, 0.25) is 0 Å². The molecule has 0 heterocycles. The molecule has 0 radical (unpaired) electrons. The van der Waals surface area contributed by atoms with Gasteiger partial charge < -0.3 is 0 Å². The average Bonchev–Trinajstić information content (AvgIpc) is 2.28. The third-order valence-corrected chi connectivity index (χ3v) is 5.50. The fourth-order valence-electron chi connectivity index (χ4n) is 1.93. The monoisotopic (exact) mass is 268 g/mol. The highest BCUT2D eigenvalue weighted by Crippen LogP contribution is 2.21. The second kappa shape index (κ2) is 6.37. The Kier molecular flexibility index (Phi) is 5.39. The second-order valence-electron chi connectivity index (χ2n) is 5.49. The van der Waals surface area contributed by atoms with Gasteiger partial charge in [-0.05, 0) is 38.3 Å². The van der Waals surface area contributed by atoms with E-state index in [2.05, 4.69) is 13.8 Å². The molecule has 1 aromatic rings. The van der Waals surface area contributed by atoms with Crippen LogP contribution in [0, 0.1) is 12.8 Å². The molecule has 0 aromatic heterocycles. The Morgan fingerprint density at radius 2 is 1.56 bits per heavy atom. The van der Waals surface area contributed by atoms with Crippen molar-refractivity contribution < 1.29 is 8.42 Å². The molecule has 102 valence electrons. The summed E-state index contributed by atoms with van der Waals surface area (Å²) in [5.41, 5.74) is 1.08. The topological polar surface area (TPSA) is 34.1 Å². The highest BCUT2D eigenvalue weighted by molar-refractivity contribution is 7.92. The molecule has 0 bridgehead atoms. The number of aryl methyl sites for hydroxylation is 1. The Morgan fingerprint density at radius 1 is 1.00 bits per heavy atom. The highest BCUT2D eigenvalue weighted by atomic mass is 32.2. The molecule has 0 aliphatic rings.